The van der Waals surface area contributed by atoms with Crippen LogP contribution >= 0.6 is 11.6 Å². The fourth-order valence-electron chi connectivity index (χ4n) is 2.39. The quantitative estimate of drug-likeness (QED) is 0.575. The van der Waals surface area contributed by atoms with E-state index in [1.807, 2.05) is 42.5 Å². The highest BCUT2D eigenvalue weighted by atomic mass is 35.5. The molecule has 3 aromatic carbocycles. The number of hydrogen-bond donors (Lipinski definition) is 1. The number of ether oxygens (including phenoxy) is 2. The molecule has 0 saturated carbocycles. The predicted molar refractivity (Wildman–Crippen MR) is 108 cm³/mol. The molecule has 0 aliphatic rings. The molecule has 0 aromatic heterocycles. The molecule has 138 valence electrons. The fourth-order valence-corrected chi connectivity index (χ4v) is 2.52. The van der Waals surface area contributed by atoms with Gasteiger partial charge in [-0.3, -0.25) is 4.79 Å². The molecule has 0 unspecified atom stereocenters. The fraction of sp³-hybridized carbons (Fsp3) is 0.136. The van der Waals surface area contributed by atoms with Gasteiger partial charge in [-0.15, -0.1) is 0 Å². The van der Waals surface area contributed by atoms with Crippen LogP contribution in [0.4, 0.5) is 5.69 Å². The van der Waals surface area contributed by atoms with Gasteiger partial charge in [0.15, 0.2) is 11.4 Å². The van der Waals surface area contributed by atoms with Crippen molar-refractivity contribution in [2.24, 2.45) is 0 Å². The summed E-state index contributed by atoms with van der Waals surface area (Å²) >= 11 is 5.89. The van der Waals surface area contributed by atoms with Crippen LogP contribution in [0.3, 0.4) is 0 Å². The third-order valence-electron chi connectivity index (χ3n) is 3.84. The van der Waals surface area contributed by atoms with Gasteiger partial charge in [-0.25, -0.2) is 0 Å². The minimum absolute atomic E-state index is 0.290. The van der Waals surface area contributed by atoms with Crippen molar-refractivity contribution >= 4 is 23.2 Å². The van der Waals surface area contributed by atoms with Crippen LogP contribution in [0, 0.1) is 0 Å². The predicted octanol–water partition coefficient (Wildman–Crippen LogP) is 5.93. The molecular formula is C22H20ClNO3. The Morgan fingerprint density at radius 2 is 1.48 bits per heavy atom. The summed E-state index contributed by atoms with van der Waals surface area (Å²) in [5, 5.41) is 3.50. The number of carbonyl (C=O) groups is 1. The number of carbonyl (C=O) groups excluding carboxylic acids is 1. The molecule has 0 spiro atoms. The molecule has 0 saturated heterocycles. The number of nitrogens with one attached hydrogen (secondary N) is 1. The van der Waals surface area contributed by atoms with Crippen LogP contribution < -0.4 is 14.8 Å². The largest absolute Gasteiger partial charge is 0.478 e. The van der Waals surface area contributed by atoms with Gasteiger partial charge in [-0.05, 0) is 62.4 Å². The summed E-state index contributed by atoms with van der Waals surface area (Å²) in [6.45, 7) is 3.41. The van der Waals surface area contributed by atoms with Crippen molar-refractivity contribution in [3.05, 3.63) is 83.9 Å². The van der Waals surface area contributed by atoms with E-state index < -0.39 is 5.60 Å². The maximum absolute atomic E-state index is 12.8. The van der Waals surface area contributed by atoms with E-state index in [1.165, 1.54) is 0 Å². The Bertz CT molecular complexity index is 908. The summed E-state index contributed by atoms with van der Waals surface area (Å²) in [5.74, 6) is 1.52. The van der Waals surface area contributed by atoms with E-state index in [-0.39, 0.29) is 5.91 Å². The van der Waals surface area contributed by atoms with E-state index in [0.717, 1.165) is 0 Å². The zero-order chi connectivity index (χ0) is 19.3. The number of hydrogen-bond acceptors (Lipinski definition) is 3. The molecule has 27 heavy (non-hydrogen) atoms. The monoisotopic (exact) mass is 381 g/mol. The molecule has 1 N–H and O–H groups in total. The highest BCUT2D eigenvalue weighted by molar-refractivity contribution is 6.30. The molecule has 0 aliphatic carbocycles. The molecule has 5 heteroatoms. The third kappa shape index (κ3) is 5.02. The molecule has 0 radical (unpaired) electrons. The van der Waals surface area contributed by atoms with Crippen LogP contribution in [0.2, 0.25) is 5.02 Å². The van der Waals surface area contributed by atoms with Gasteiger partial charge in [0, 0.05) is 5.02 Å². The number of rotatable bonds is 6. The molecule has 0 heterocycles. The summed E-state index contributed by atoms with van der Waals surface area (Å²) in [6.07, 6.45) is 0. The highest BCUT2D eigenvalue weighted by Gasteiger charge is 2.30. The van der Waals surface area contributed by atoms with Crippen LogP contribution in [0.15, 0.2) is 78.9 Å². The van der Waals surface area contributed by atoms with E-state index >= 15 is 0 Å². The zero-order valence-electron chi connectivity index (χ0n) is 15.1. The van der Waals surface area contributed by atoms with Gasteiger partial charge in [0.1, 0.15) is 11.5 Å². The lowest BCUT2D eigenvalue weighted by Gasteiger charge is -2.26. The second-order valence-corrected chi connectivity index (χ2v) is 6.87. The summed E-state index contributed by atoms with van der Waals surface area (Å²) in [5.41, 5.74) is -0.521. The third-order valence-corrected chi connectivity index (χ3v) is 4.09. The lowest BCUT2D eigenvalue weighted by atomic mass is 10.1. The van der Waals surface area contributed by atoms with Crippen LogP contribution in [0.5, 0.6) is 17.2 Å². The average molecular weight is 382 g/mol. The van der Waals surface area contributed by atoms with Crippen molar-refractivity contribution in [1.29, 1.82) is 0 Å². The Balaban J connectivity index is 1.74. The van der Waals surface area contributed by atoms with Gasteiger partial charge in [0.25, 0.3) is 5.91 Å². The van der Waals surface area contributed by atoms with Gasteiger partial charge < -0.3 is 14.8 Å². The Labute approximate surface area is 163 Å². The Morgan fingerprint density at radius 1 is 0.852 bits per heavy atom. The van der Waals surface area contributed by atoms with Gasteiger partial charge in [0.2, 0.25) is 0 Å². The van der Waals surface area contributed by atoms with Crippen molar-refractivity contribution < 1.29 is 14.3 Å². The summed E-state index contributed by atoms with van der Waals surface area (Å²) < 4.78 is 11.7. The van der Waals surface area contributed by atoms with Crippen LogP contribution in [0.1, 0.15) is 13.8 Å². The SMILES string of the molecule is CC(C)(Oc1ccc(Cl)cc1)C(=O)Nc1ccccc1Oc1ccccc1. The first-order valence-electron chi connectivity index (χ1n) is 8.52. The van der Waals surface area contributed by atoms with Gasteiger partial charge in [0.05, 0.1) is 5.69 Å². The minimum atomic E-state index is -1.09. The topological polar surface area (TPSA) is 47.6 Å². The second-order valence-electron chi connectivity index (χ2n) is 6.43. The Morgan fingerprint density at radius 3 is 2.19 bits per heavy atom. The van der Waals surface area contributed by atoms with Crippen molar-refractivity contribution in [3.63, 3.8) is 0 Å². The highest BCUT2D eigenvalue weighted by Crippen LogP contribution is 2.30. The first kappa shape index (κ1) is 18.8. The lowest BCUT2D eigenvalue weighted by Crippen LogP contribution is -2.42. The smallest absolute Gasteiger partial charge is 0.268 e. The van der Waals surface area contributed by atoms with Crippen LogP contribution in [-0.4, -0.2) is 11.5 Å². The normalized spacial score (nSPS) is 10.9. The van der Waals surface area contributed by atoms with E-state index in [9.17, 15) is 4.79 Å². The zero-order valence-corrected chi connectivity index (χ0v) is 15.9. The molecule has 3 aromatic rings. The molecule has 4 nitrogen and oxygen atoms in total. The average Bonchev–Trinajstić information content (AvgIpc) is 2.66. The summed E-state index contributed by atoms with van der Waals surface area (Å²) in [4.78, 5) is 12.8. The maximum atomic E-state index is 12.8. The number of anilines is 1. The molecule has 0 fully saturated rings. The van der Waals surface area contributed by atoms with Gasteiger partial charge >= 0.3 is 0 Å². The van der Waals surface area contributed by atoms with Crippen molar-refractivity contribution in [1.82, 2.24) is 0 Å². The molecular weight excluding hydrogens is 362 g/mol. The molecule has 3 rings (SSSR count). The standard InChI is InChI=1S/C22H20ClNO3/c1-22(2,27-18-14-12-16(23)13-15-18)21(25)24-19-10-6-7-11-20(19)26-17-8-4-3-5-9-17/h3-15H,1-2H3,(H,24,25). The van der Waals surface area contributed by atoms with E-state index in [0.29, 0.717) is 28.0 Å². The van der Waals surface area contributed by atoms with Crippen LogP contribution in [0.25, 0.3) is 0 Å². The number of para-hydroxylation sites is 3. The summed E-state index contributed by atoms with van der Waals surface area (Å²) in [7, 11) is 0. The number of halogens is 1. The van der Waals surface area contributed by atoms with Crippen molar-refractivity contribution in [3.8, 4) is 17.2 Å². The van der Waals surface area contributed by atoms with E-state index in [1.54, 1.807) is 50.2 Å². The maximum Gasteiger partial charge on any atom is 0.268 e. The molecule has 1 amide bonds. The first-order chi connectivity index (χ1) is 12.9. The lowest BCUT2D eigenvalue weighted by molar-refractivity contribution is -0.128. The molecule has 0 atom stereocenters. The second kappa shape index (κ2) is 8.14. The van der Waals surface area contributed by atoms with Crippen molar-refractivity contribution in [2.75, 3.05) is 5.32 Å². The number of benzene rings is 3. The van der Waals surface area contributed by atoms with Crippen molar-refractivity contribution in [2.45, 2.75) is 19.4 Å². The molecule has 0 aliphatic heterocycles. The Hall–Kier alpha value is -2.98. The van der Waals surface area contributed by atoms with Gasteiger partial charge in [-0.2, -0.15) is 0 Å². The Kier molecular flexibility index (Phi) is 5.67. The number of amides is 1. The summed E-state index contributed by atoms with van der Waals surface area (Å²) in [6, 6.07) is 23.6. The van der Waals surface area contributed by atoms with Gasteiger partial charge in [-0.1, -0.05) is 41.9 Å². The van der Waals surface area contributed by atoms with E-state index in [4.69, 9.17) is 21.1 Å². The van der Waals surface area contributed by atoms with E-state index in [2.05, 4.69) is 5.32 Å². The molecule has 0 bridgehead atoms. The van der Waals surface area contributed by atoms with Crippen LogP contribution in [-0.2, 0) is 4.79 Å². The first-order valence-corrected chi connectivity index (χ1v) is 8.90. The minimum Gasteiger partial charge on any atom is -0.478 e.